The molecule has 0 spiro atoms. The van der Waals surface area contributed by atoms with Gasteiger partial charge >= 0.3 is 6.18 Å². The second kappa shape index (κ2) is 9.70. The van der Waals surface area contributed by atoms with Gasteiger partial charge in [-0.1, -0.05) is 50.5 Å². The van der Waals surface area contributed by atoms with Crippen LogP contribution in [0.2, 0.25) is 0 Å². The van der Waals surface area contributed by atoms with E-state index in [-0.39, 0.29) is 11.3 Å². The number of unbranched alkanes of at least 4 members (excludes halogenated alkanes) is 3. The summed E-state index contributed by atoms with van der Waals surface area (Å²) in [5.41, 5.74) is 1.91. The maximum atomic E-state index is 13.0. The molecule has 0 aliphatic carbocycles. The van der Waals surface area contributed by atoms with Crippen molar-refractivity contribution in [1.82, 2.24) is 4.90 Å². The molecule has 0 N–H and O–H groups in total. The number of carbonyl (C=O) groups is 1. The summed E-state index contributed by atoms with van der Waals surface area (Å²) in [6.45, 7) is 2.78. The molecule has 1 aliphatic rings. The number of hydrogen-bond acceptors (Lipinski definition) is 2. The molecular formula is C23H26F3NOS. The summed E-state index contributed by atoms with van der Waals surface area (Å²) in [7, 11) is 0. The highest BCUT2D eigenvalue weighted by atomic mass is 32.2. The Hall–Kier alpha value is -1.95. The van der Waals surface area contributed by atoms with Crippen LogP contribution in [0, 0.1) is 0 Å². The maximum Gasteiger partial charge on any atom is 0.416 e. The number of rotatable bonds is 7. The van der Waals surface area contributed by atoms with E-state index in [2.05, 4.69) is 6.92 Å². The zero-order valence-corrected chi connectivity index (χ0v) is 17.4. The lowest BCUT2D eigenvalue weighted by molar-refractivity contribution is -0.137. The monoisotopic (exact) mass is 421 g/mol. The molecule has 0 bridgehead atoms. The fourth-order valence-corrected chi connectivity index (χ4v) is 4.78. The summed E-state index contributed by atoms with van der Waals surface area (Å²) in [5, 5.41) is -0.251. The number of thioether (sulfide) groups is 1. The largest absolute Gasteiger partial charge is 0.416 e. The lowest BCUT2D eigenvalue weighted by atomic mass is 10.0. The van der Waals surface area contributed by atoms with Gasteiger partial charge in [-0.25, -0.2) is 0 Å². The van der Waals surface area contributed by atoms with Crippen molar-refractivity contribution >= 4 is 17.7 Å². The molecule has 0 unspecified atom stereocenters. The van der Waals surface area contributed by atoms with Crippen LogP contribution in [-0.4, -0.2) is 23.1 Å². The van der Waals surface area contributed by atoms with Crippen LogP contribution in [0.5, 0.6) is 0 Å². The topological polar surface area (TPSA) is 20.3 Å². The van der Waals surface area contributed by atoms with Gasteiger partial charge < -0.3 is 4.90 Å². The minimum Gasteiger partial charge on any atom is -0.322 e. The number of benzene rings is 2. The van der Waals surface area contributed by atoms with Gasteiger partial charge in [-0.2, -0.15) is 13.2 Å². The Balaban J connectivity index is 1.66. The van der Waals surface area contributed by atoms with E-state index in [4.69, 9.17) is 0 Å². The average molecular weight is 422 g/mol. The van der Waals surface area contributed by atoms with Crippen molar-refractivity contribution in [2.24, 2.45) is 0 Å². The Bertz CT molecular complexity index is 802. The molecule has 1 amide bonds. The van der Waals surface area contributed by atoms with Gasteiger partial charge in [0.25, 0.3) is 5.91 Å². The molecule has 1 atom stereocenters. The lowest BCUT2D eigenvalue weighted by Gasteiger charge is -2.24. The van der Waals surface area contributed by atoms with E-state index in [9.17, 15) is 18.0 Å². The van der Waals surface area contributed by atoms with Gasteiger partial charge in [0.2, 0.25) is 0 Å². The Morgan fingerprint density at radius 1 is 1.03 bits per heavy atom. The van der Waals surface area contributed by atoms with Gasteiger partial charge in [0, 0.05) is 17.9 Å². The van der Waals surface area contributed by atoms with Crippen LogP contribution in [-0.2, 0) is 12.6 Å². The van der Waals surface area contributed by atoms with Crippen LogP contribution >= 0.6 is 11.8 Å². The van der Waals surface area contributed by atoms with Crippen LogP contribution in [0.4, 0.5) is 13.2 Å². The van der Waals surface area contributed by atoms with Crippen LogP contribution in [0.1, 0.15) is 65.0 Å². The molecule has 156 valence electrons. The zero-order chi connectivity index (χ0) is 20.9. The molecule has 1 saturated heterocycles. The minimum atomic E-state index is -4.35. The number of alkyl halides is 3. The van der Waals surface area contributed by atoms with E-state index in [1.807, 2.05) is 24.3 Å². The van der Waals surface area contributed by atoms with Gasteiger partial charge in [-0.05, 0) is 48.2 Å². The first kappa shape index (κ1) is 21.8. The molecule has 0 radical (unpaired) electrons. The van der Waals surface area contributed by atoms with E-state index < -0.39 is 11.7 Å². The highest BCUT2D eigenvalue weighted by molar-refractivity contribution is 7.99. The minimum absolute atomic E-state index is 0.0718. The van der Waals surface area contributed by atoms with Crippen molar-refractivity contribution in [2.75, 3.05) is 12.3 Å². The first-order valence-electron chi connectivity index (χ1n) is 10.1. The molecule has 1 fully saturated rings. The molecule has 6 heteroatoms. The van der Waals surface area contributed by atoms with Gasteiger partial charge in [-0.15, -0.1) is 11.8 Å². The standard InChI is InChI=1S/C23H26F3NOS/c1-2-3-4-5-6-17-7-9-18(10-8-17)21(28)27-15-16-29-22(27)19-11-13-20(14-12-19)23(24,25)26/h7-14,22H,2-6,15-16H2,1H3/t22-/m0/s1. The Kier molecular flexibility index (Phi) is 7.28. The lowest BCUT2D eigenvalue weighted by Crippen LogP contribution is -2.30. The SMILES string of the molecule is CCCCCCc1ccc(C(=O)N2CCS[C@H]2c2ccc(C(F)(F)F)cc2)cc1. The fourth-order valence-electron chi connectivity index (χ4n) is 3.53. The molecule has 2 nitrogen and oxygen atoms in total. The van der Waals surface area contributed by atoms with Gasteiger partial charge in [0.15, 0.2) is 0 Å². The van der Waals surface area contributed by atoms with E-state index in [1.165, 1.54) is 37.0 Å². The third-order valence-electron chi connectivity index (χ3n) is 5.19. The smallest absolute Gasteiger partial charge is 0.322 e. The Labute approximate surface area is 174 Å². The van der Waals surface area contributed by atoms with E-state index in [1.54, 1.807) is 16.7 Å². The second-order valence-electron chi connectivity index (χ2n) is 7.35. The first-order chi connectivity index (χ1) is 13.9. The summed E-state index contributed by atoms with van der Waals surface area (Å²) in [4.78, 5) is 14.8. The van der Waals surface area contributed by atoms with E-state index in [0.717, 1.165) is 36.3 Å². The third-order valence-corrected chi connectivity index (χ3v) is 6.46. The van der Waals surface area contributed by atoms with Crippen LogP contribution in [0.15, 0.2) is 48.5 Å². The summed E-state index contributed by atoms with van der Waals surface area (Å²) >= 11 is 1.58. The predicted molar refractivity (Wildman–Crippen MR) is 112 cm³/mol. The van der Waals surface area contributed by atoms with E-state index >= 15 is 0 Å². The number of halogens is 3. The van der Waals surface area contributed by atoms with Crippen molar-refractivity contribution in [3.8, 4) is 0 Å². The van der Waals surface area contributed by atoms with Crippen LogP contribution in [0.3, 0.4) is 0 Å². The Morgan fingerprint density at radius 3 is 2.34 bits per heavy atom. The van der Waals surface area contributed by atoms with Gasteiger partial charge in [0.05, 0.1) is 5.56 Å². The molecule has 1 aliphatic heterocycles. The number of nitrogens with zero attached hydrogens (tertiary/aromatic N) is 1. The summed E-state index contributed by atoms with van der Waals surface area (Å²) in [6.07, 6.45) is 1.49. The fraction of sp³-hybridized carbons (Fsp3) is 0.435. The number of hydrogen-bond donors (Lipinski definition) is 0. The first-order valence-corrected chi connectivity index (χ1v) is 11.1. The normalized spacial score (nSPS) is 17.0. The van der Waals surface area contributed by atoms with E-state index in [0.29, 0.717) is 12.1 Å². The quantitative estimate of drug-likeness (QED) is 0.463. The summed E-state index contributed by atoms with van der Waals surface area (Å²) in [6, 6.07) is 12.9. The van der Waals surface area contributed by atoms with Crippen LogP contribution in [0.25, 0.3) is 0 Å². The third kappa shape index (κ3) is 5.56. The highest BCUT2D eigenvalue weighted by Gasteiger charge is 2.33. The summed E-state index contributed by atoms with van der Waals surface area (Å²) < 4.78 is 38.4. The molecule has 2 aromatic carbocycles. The van der Waals surface area contributed by atoms with Crippen molar-refractivity contribution in [3.63, 3.8) is 0 Å². The van der Waals surface area contributed by atoms with Crippen LogP contribution < -0.4 is 0 Å². The van der Waals surface area contributed by atoms with Crippen molar-refractivity contribution in [3.05, 3.63) is 70.8 Å². The number of carbonyl (C=O) groups excluding carboxylic acids is 1. The predicted octanol–water partition coefficient (Wildman–Crippen LogP) is 6.72. The van der Waals surface area contributed by atoms with Crippen molar-refractivity contribution < 1.29 is 18.0 Å². The molecule has 2 aromatic rings. The molecular weight excluding hydrogens is 395 g/mol. The summed E-state index contributed by atoms with van der Waals surface area (Å²) in [5.74, 6) is 0.699. The molecule has 3 rings (SSSR count). The molecule has 0 aromatic heterocycles. The highest BCUT2D eigenvalue weighted by Crippen LogP contribution is 2.40. The molecule has 0 saturated carbocycles. The molecule has 29 heavy (non-hydrogen) atoms. The van der Waals surface area contributed by atoms with Crippen molar-refractivity contribution in [2.45, 2.75) is 50.6 Å². The van der Waals surface area contributed by atoms with Gasteiger partial charge in [0.1, 0.15) is 5.37 Å². The second-order valence-corrected chi connectivity index (χ2v) is 8.54. The van der Waals surface area contributed by atoms with Crippen molar-refractivity contribution in [1.29, 1.82) is 0 Å². The van der Waals surface area contributed by atoms with Gasteiger partial charge in [-0.3, -0.25) is 4.79 Å². The Morgan fingerprint density at radius 2 is 1.72 bits per heavy atom. The average Bonchev–Trinajstić information content (AvgIpc) is 3.20. The number of amides is 1. The molecule has 1 heterocycles. The maximum absolute atomic E-state index is 13.0. The number of aryl methyl sites for hydroxylation is 1. The zero-order valence-electron chi connectivity index (χ0n) is 16.5.